The first-order chi connectivity index (χ1) is 8.04. The highest BCUT2D eigenvalue weighted by Crippen LogP contribution is 2.39. The third-order valence-corrected chi connectivity index (χ3v) is 2.73. The number of aryl methyl sites for hydroxylation is 2. The predicted octanol–water partition coefficient (Wildman–Crippen LogP) is 1.69. The lowest BCUT2D eigenvalue weighted by atomic mass is 10.1. The van der Waals surface area contributed by atoms with E-state index in [-0.39, 0.29) is 5.75 Å². The maximum atomic E-state index is 10.1. The number of phenols is 1. The number of benzene rings is 1. The molecular formula is C12H15N3O2. The number of ether oxygens (including phenoxy) is 1. The van der Waals surface area contributed by atoms with Crippen LogP contribution in [0.4, 0.5) is 5.82 Å². The van der Waals surface area contributed by atoms with Gasteiger partial charge in [0.25, 0.3) is 0 Å². The van der Waals surface area contributed by atoms with Crippen molar-refractivity contribution >= 4 is 5.82 Å². The van der Waals surface area contributed by atoms with Crippen molar-refractivity contribution in [3.63, 3.8) is 0 Å². The molecule has 0 unspecified atom stereocenters. The summed E-state index contributed by atoms with van der Waals surface area (Å²) in [7, 11) is 3.30. The van der Waals surface area contributed by atoms with E-state index in [0.29, 0.717) is 22.8 Å². The Morgan fingerprint density at radius 2 is 2.12 bits per heavy atom. The van der Waals surface area contributed by atoms with Crippen molar-refractivity contribution < 1.29 is 9.84 Å². The minimum Gasteiger partial charge on any atom is -0.507 e. The maximum Gasteiger partial charge on any atom is 0.132 e. The number of hydrogen-bond acceptors (Lipinski definition) is 4. The van der Waals surface area contributed by atoms with Crippen LogP contribution in [0.3, 0.4) is 0 Å². The average Bonchev–Trinajstić information content (AvgIpc) is 2.62. The number of methoxy groups -OCH3 is 1. The summed E-state index contributed by atoms with van der Waals surface area (Å²) >= 11 is 0. The lowest BCUT2D eigenvalue weighted by Crippen LogP contribution is -1.97. The van der Waals surface area contributed by atoms with Crippen LogP contribution < -0.4 is 10.5 Å². The molecule has 3 N–H and O–H groups in total. The third-order valence-electron chi connectivity index (χ3n) is 2.73. The minimum atomic E-state index is 0.169. The van der Waals surface area contributed by atoms with Gasteiger partial charge in [-0.25, -0.2) is 0 Å². The number of nitrogen functional groups attached to an aromatic ring is 1. The number of aromatic hydroxyl groups is 1. The number of nitrogens with zero attached hydrogens (tertiary/aromatic N) is 2. The van der Waals surface area contributed by atoms with Crippen molar-refractivity contribution in [2.75, 3.05) is 12.8 Å². The molecule has 1 heterocycles. The average molecular weight is 233 g/mol. The van der Waals surface area contributed by atoms with Gasteiger partial charge < -0.3 is 15.6 Å². The van der Waals surface area contributed by atoms with Crippen LogP contribution in [-0.4, -0.2) is 22.0 Å². The molecule has 0 bridgehead atoms. The number of hydrogen-bond donors (Lipinski definition) is 2. The van der Waals surface area contributed by atoms with Gasteiger partial charge in [0.05, 0.1) is 12.7 Å². The van der Waals surface area contributed by atoms with Crippen LogP contribution in [0.25, 0.3) is 11.3 Å². The zero-order valence-corrected chi connectivity index (χ0v) is 10.1. The van der Waals surface area contributed by atoms with Crippen molar-refractivity contribution in [1.82, 2.24) is 9.78 Å². The Bertz CT molecular complexity index is 542. The summed E-state index contributed by atoms with van der Waals surface area (Å²) < 4.78 is 6.79. The highest BCUT2D eigenvalue weighted by atomic mass is 16.5. The quantitative estimate of drug-likeness (QED) is 0.827. The van der Waals surface area contributed by atoms with Crippen molar-refractivity contribution in [1.29, 1.82) is 0 Å². The molecular weight excluding hydrogens is 218 g/mol. The molecule has 1 aromatic heterocycles. The summed E-state index contributed by atoms with van der Waals surface area (Å²) in [6.07, 6.45) is 0. The molecule has 17 heavy (non-hydrogen) atoms. The van der Waals surface area contributed by atoms with E-state index in [0.717, 1.165) is 5.56 Å². The van der Waals surface area contributed by atoms with Crippen LogP contribution in [-0.2, 0) is 7.05 Å². The SMILES string of the molecule is COc1ccc(C)c(O)c1-c1cc(N)n(C)n1. The molecule has 0 spiro atoms. The largest absolute Gasteiger partial charge is 0.507 e. The molecule has 1 aromatic carbocycles. The molecule has 5 heteroatoms. The van der Waals surface area contributed by atoms with Gasteiger partial charge in [0.1, 0.15) is 23.0 Å². The number of rotatable bonds is 2. The van der Waals surface area contributed by atoms with Crippen LogP contribution in [0.1, 0.15) is 5.56 Å². The second-order valence-corrected chi connectivity index (χ2v) is 3.89. The van der Waals surface area contributed by atoms with Crippen LogP contribution >= 0.6 is 0 Å². The summed E-state index contributed by atoms with van der Waals surface area (Å²) in [5.41, 5.74) is 7.67. The van der Waals surface area contributed by atoms with E-state index in [1.54, 1.807) is 37.0 Å². The molecule has 2 rings (SSSR count). The first-order valence-electron chi connectivity index (χ1n) is 5.21. The van der Waals surface area contributed by atoms with Gasteiger partial charge >= 0.3 is 0 Å². The number of aromatic nitrogens is 2. The number of anilines is 1. The topological polar surface area (TPSA) is 73.3 Å². The van der Waals surface area contributed by atoms with E-state index in [2.05, 4.69) is 5.10 Å². The second-order valence-electron chi connectivity index (χ2n) is 3.89. The van der Waals surface area contributed by atoms with E-state index in [9.17, 15) is 5.11 Å². The molecule has 0 aliphatic heterocycles. The first-order valence-corrected chi connectivity index (χ1v) is 5.21. The van der Waals surface area contributed by atoms with E-state index >= 15 is 0 Å². The Balaban J connectivity index is 2.68. The predicted molar refractivity (Wildman–Crippen MR) is 66.0 cm³/mol. The van der Waals surface area contributed by atoms with E-state index in [4.69, 9.17) is 10.5 Å². The number of nitrogens with two attached hydrogens (primary N) is 1. The first kappa shape index (κ1) is 11.3. The summed E-state index contributed by atoms with van der Waals surface area (Å²) in [6.45, 7) is 1.82. The van der Waals surface area contributed by atoms with Crippen LogP contribution in [0, 0.1) is 6.92 Å². The van der Waals surface area contributed by atoms with Crippen LogP contribution in [0.15, 0.2) is 18.2 Å². The van der Waals surface area contributed by atoms with Crippen molar-refractivity contribution in [3.8, 4) is 22.8 Å². The Morgan fingerprint density at radius 1 is 1.41 bits per heavy atom. The Hall–Kier alpha value is -2.17. The van der Waals surface area contributed by atoms with Gasteiger partial charge in [0, 0.05) is 13.1 Å². The standard InChI is InChI=1S/C12H15N3O2/c1-7-4-5-9(17-3)11(12(7)16)8-6-10(13)15(2)14-8/h4-6,16H,13H2,1-3H3. The molecule has 0 aliphatic carbocycles. The van der Waals surface area contributed by atoms with Crippen LogP contribution in [0.5, 0.6) is 11.5 Å². The van der Waals surface area contributed by atoms with E-state index in [1.807, 2.05) is 6.92 Å². The molecule has 90 valence electrons. The summed E-state index contributed by atoms with van der Waals surface area (Å²) in [4.78, 5) is 0. The Labute approximate surface area is 99.4 Å². The fraction of sp³-hybridized carbons (Fsp3) is 0.250. The zero-order chi connectivity index (χ0) is 12.6. The molecule has 0 atom stereocenters. The highest BCUT2D eigenvalue weighted by molar-refractivity contribution is 5.76. The maximum absolute atomic E-state index is 10.1. The lowest BCUT2D eigenvalue weighted by molar-refractivity contribution is 0.409. The van der Waals surface area contributed by atoms with Crippen molar-refractivity contribution in [3.05, 3.63) is 23.8 Å². The smallest absolute Gasteiger partial charge is 0.132 e. The summed E-state index contributed by atoms with van der Waals surface area (Å²) in [5.74, 6) is 1.27. The molecule has 0 saturated carbocycles. The molecule has 0 amide bonds. The Kier molecular flexibility index (Phi) is 2.67. The van der Waals surface area contributed by atoms with Gasteiger partial charge in [0.15, 0.2) is 0 Å². The van der Waals surface area contributed by atoms with Gasteiger partial charge in [-0.05, 0) is 18.6 Å². The molecule has 0 aliphatic rings. The fourth-order valence-corrected chi connectivity index (χ4v) is 1.70. The zero-order valence-electron chi connectivity index (χ0n) is 10.1. The van der Waals surface area contributed by atoms with Gasteiger partial charge in [-0.15, -0.1) is 0 Å². The molecule has 0 radical (unpaired) electrons. The van der Waals surface area contributed by atoms with Gasteiger partial charge in [-0.2, -0.15) is 5.10 Å². The van der Waals surface area contributed by atoms with E-state index in [1.165, 1.54) is 0 Å². The van der Waals surface area contributed by atoms with Gasteiger partial charge in [-0.3, -0.25) is 4.68 Å². The fourth-order valence-electron chi connectivity index (χ4n) is 1.70. The van der Waals surface area contributed by atoms with Crippen LogP contribution in [0.2, 0.25) is 0 Å². The minimum absolute atomic E-state index is 0.169. The van der Waals surface area contributed by atoms with Gasteiger partial charge in [-0.1, -0.05) is 6.07 Å². The normalized spacial score (nSPS) is 10.5. The molecule has 2 aromatic rings. The molecule has 5 nitrogen and oxygen atoms in total. The third kappa shape index (κ3) is 1.80. The molecule has 0 saturated heterocycles. The van der Waals surface area contributed by atoms with Gasteiger partial charge in [0.2, 0.25) is 0 Å². The molecule has 0 fully saturated rings. The highest BCUT2D eigenvalue weighted by Gasteiger charge is 2.16. The second kappa shape index (κ2) is 4.01. The lowest BCUT2D eigenvalue weighted by Gasteiger charge is -2.10. The summed E-state index contributed by atoms with van der Waals surface area (Å²) in [5, 5.41) is 14.3. The summed E-state index contributed by atoms with van der Waals surface area (Å²) in [6, 6.07) is 5.30. The number of phenolic OH excluding ortho intramolecular Hbond substituents is 1. The monoisotopic (exact) mass is 233 g/mol. The Morgan fingerprint density at radius 3 is 2.65 bits per heavy atom. The van der Waals surface area contributed by atoms with Crippen molar-refractivity contribution in [2.45, 2.75) is 6.92 Å². The van der Waals surface area contributed by atoms with E-state index < -0.39 is 0 Å². The van der Waals surface area contributed by atoms with Crippen molar-refractivity contribution in [2.24, 2.45) is 7.05 Å².